The van der Waals surface area contributed by atoms with Gasteiger partial charge in [-0.15, -0.1) is 0 Å². The largest absolute Gasteiger partial charge is 0.329 e. The summed E-state index contributed by atoms with van der Waals surface area (Å²) in [6.45, 7) is -0.114. The molecule has 9 nitrogen and oxygen atoms in total. The third kappa shape index (κ3) is 4.07. The lowest BCUT2D eigenvalue weighted by atomic mass is 10.2. The fourth-order valence-electron chi connectivity index (χ4n) is 2.78. The third-order valence-corrected chi connectivity index (χ3v) is 5.42. The zero-order chi connectivity index (χ0) is 30.1. The molecule has 2 aromatic heterocycles. The minimum Gasteiger partial charge on any atom is -0.329 e. The van der Waals surface area contributed by atoms with Crippen LogP contribution in [-0.4, -0.2) is 35.1 Å². The first-order valence-electron chi connectivity index (χ1n) is 13.3. The average molecular weight is 447 g/mol. The van der Waals surface area contributed by atoms with Crippen LogP contribution >= 0.6 is 0 Å². The van der Waals surface area contributed by atoms with E-state index in [9.17, 15) is 8.42 Å². The molecule has 160 valence electrons. The molecule has 3 N–H and O–H groups in total. The highest BCUT2D eigenvalue weighted by Gasteiger charge is 2.14. The van der Waals surface area contributed by atoms with Crippen LogP contribution in [-0.2, 0) is 17.1 Å². The minimum atomic E-state index is -4.45. The Morgan fingerprint density at radius 1 is 1.23 bits per heavy atom. The van der Waals surface area contributed by atoms with E-state index in [2.05, 4.69) is 20.4 Å². The minimum absolute atomic E-state index is 0.0218. The highest BCUT2D eigenvalue weighted by Crippen LogP contribution is 2.28. The van der Waals surface area contributed by atoms with E-state index in [1.54, 1.807) is 14.0 Å². The molecular weight excluding hydrogens is 414 g/mol. The first-order chi connectivity index (χ1) is 18.4. The van der Waals surface area contributed by atoms with Crippen molar-refractivity contribution in [2.24, 2.45) is 12.2 Å². The molecule has 10 heteroatoms. The Kier molecular flexibility index (Phi) is 3.05. The third-order valence-electron chi connectivity index (χ3n) is 4.45. The highest BCUT2D eigenvalue weighted by atomic mass is 32.2. The molecule has 4 aromatic rings. The van der Waals surface area contributed by atoms with Crippen molar-refractivity contribution in [3.05, 3.63) is 59.8 Å². The SMILES string of the molecule is [2H]c1c([2H])c(Nc2nccc(N(c3c([2H])c([2H])c4c(C)n(C)nc4c3[2H])C([2H])([2H])[2H])n2)c([2H])c(S(N)(=O)=O)c1C. The Bertz CT molecular complexity index is 1810. The number of rotatable bonds is 5. The van der Waals surface area contributed by atoms with Crippen LogP contribution in [0.1, 0.15) is 23.6 Å². The van der Waals surface area contributed by atoms with Gasteiger partial charge in [0.05, 0.1) is 18.6 Å². The Morgan fingerprint density at radius 3 is 2.77 bits per heavy atom. The summed E-state index contributed by atoms with van der Waals surface area (Å²) >= 11 is 0. The molecule has 0 saturated heterocycles. The standard InChI is InChI=1S/C21H23N7O2S/c1-13-5-6-15(11-19(13)31(22,29)30)24-21-23-10-9-20(25-21)27(3)16-7-8-17-14(2)28(4)26-18(17)12-16/h5-12H,1-4H3,(H2,22,29,30)(H,23,24,25)/i3D3,5D,6D,7D,8D,11D,12D. The Labute approximate surface area is 193 Å². The van der Waals surface area contributed by atoms with E-state index in [0.717, 1.165) is 6.20 Å². The molecule has 0 atom stereocenters. The van der Waals surface area contributed by atoms with Gasteiger partial charge in [0.25, 0.3) is 0 Å². The number of anilines is 4. The van der Waals surface area contributed by atoms with Gasteiger partial charge < -0.3 is 10.2 Å². The van der Waals surface area contributed by atoms with Crippen molar-refractivity contribution >= 4 is 44.1 Å². The van der Waals surface area contributed by atoms with E-state index < -0.39 is 63.5 Å². The van der Waals surface area contributed by atoms with Gasteiger partial charge in [0.1, 0.15) is 5.82 Å². The van der Waals surface area contributed by atoms with Crippen LogP contribution in [0.3, 0.4) is 0 Å². The molecule has 0 amide bonds. The van der Waals surface area contributed by atoms with Gasteiger partial charge in [0, 0.05) is 46.8 Å². The predicted octanol–water partition coefficient (Wildman–Crippen LogP) is 3.14. The van der Waals surface area contributed by atoms with Crippen molar-refractivity contribution in [2.45, 2.75) is 18.7 Å². The number of nitrogens with two attached hydrogens (primary N) is 1. The second-order valence-corrected chi connectivity index (χ2v) is 8.10. The van der Waals surface area contributed by atoms with Crippen molar-refractivity contribution in [1.29, 1.82) is 0 Å². The summed E-state index contributed by atoms with van der Waals surface area (Å²) in [5.41, 5.74) is -0.566. The van der Waals surface area contributed by atoms with Gasteiger partial charge in [-0.2, -0.15) is 10.1 Å². The number of fused-ring (bicyclic) bond motifs is 1. The number of nitrogens with zero attached hydrogens (tertiary/aromatic N) is 5. The summed E-state index contributed by atoms with van der Waals surface area (Å²) in [5, 5.41) is 12.2. The molecule has 0 unspecified atom stereocenters. The molecule has 2 aromatic carbocycles. The Hall–Kier alpha value is -3.50. The van der Waals surface area contributed by atoms with Crippen molar-refractivity contribution < 1.29 is 20.8 Å². The summed E-state index contributed by atoms with van der Waals surface area (Å²) < 4.78 is 100. The predicted molar refractivity (Wildman–Crippen MR) is 121 cm³/mol. The molecule has 0 aliphatic heterocycles. The lowest BCUT2D eigenvalue weighted by Gasteiger charge is -2.19. The molecule has 0 aliphatic rings. The molecule has 31 heavy (non-hydrogen) atoms. The summed E-state index contributed by atoms with van der Waals surface area (Å²) in [7, 11) is -2.86. The highest BCUT2D eigenvalue weighted by molar-refractivity contribution is 7.89. The van der Waals surface area contributed by atoms with Gasteiger partial charge in [-0.25, -0.2) is 18.5 Å². The molecule has 4 rings (SSSR count). The van der Waals surface area contributed by atoms with Crippen molar-refractivity contribution in [3.8, 4) is 0 Å². The number of hydrogen-bond donors (Lipinski definition) is 2. The van der Waals surface area contributed by atoms with Crippen molar-refractivity contribution in [1.82, 2.24) is 19.7 Å². The summed E-state index contributed by atoms with van der Waals surface area (Å²) in [6.07, 6.45) is 1.13. The number of aryl methyl sites for hydroxylation is 2. The Balaban J connectivity index is 1.92. The smallest absolute Gasteiger partial charge is 0.238 e. The fraction of sp³-hybridized carbons (Fsp3) is 0.190. The van der Waals surface area contributed by atoms with Crippen LogP contribution in [0.4, 0.5) is 23.1 Å². The van der Waals surface area contributed by atoms with E-state index in [1.807, 2.05) is 0 Å². The summed E-state index contributed by atoms with van der Waals surface area (Å²) in [5.74, 6) is -0.717. The van der Waals surface area contributed by atoms with Gasteiger partial charge in [0.2, 0.25) is 16.0 Å². The maximum atomic E-state index is 12.1. The van der Waals surface area contributed by atoms with E-state index in [1.165, 1.54) is 17.7 Å². The van der Waals surface area contributed by atoms with Crippen LogP contribution < -0.4 is 15.4 Å². The fourth-order valence-corrected chi connectivity index (χ4v) is 3.50. The zero-order valence-electron chi connectivity index (χ0n) is 25.7. The number of sulfonamides is 1. The van der Waals surface area contributed by atoms with Crippen LogP contribution in [0.15, 0.2) is 53.4 Å². The lowest BCUT2D eigenvalue weighted by molar-refractivity contribution is 0.597. The van der Waals surface area contributed by atoms with Crippen LogP contribution in [0.2, 0.25) is 0 Å². The van der Waals surface area contributed by atoms with E-state index in [4.69, 9.17) is 17.5 Å². The second-order valence-electron chi connectivity index (χ2n) is 6.60. The molecular formula is C21H23N7O2S. The van der Waals surface area contributed by atoms with Gasteiger partial charge in [0.15, 0.2) is 0 Å². The topological polar surface area (TPSA) is 119 Å². The second kappa shape index (κ2) is 7.64. The first kappa shape index (κ1) is 12.4. The summed E-state index contributed by atoms with van der Waals surface area (Å²) in [4.78, 5) is 8.03. The van der Waals surface area contributed by atoms with Crippen LogP contribution in [0.25, 0.3) is 10.9 Å². The zero-order valence-corrected chi connectivity index (χ0v) is 17.5. The van der Waals surface area contributed by atoms with Crippen LogP contribution in [0, 0.1) is 13.8 Å². The molecule has 0 aliphatic carbocycles. The first-order valence-corrected chi connectivity index (χ1v) is 10.4. The van der Waals surface area contributed by atoms with Crippen LogP contribution in [0.5, 0.6) is 0 Å². The Morgan fingerprint density at radius 2 is 2.03 bits per heavy atom. The number of hydrogen-bond acceptors (Lipinski definition) is 7. The maximum absolute atomic E-state index is 12.1. The monoisotopic (exact) mass is 446 g/mol. The number of nitrogens with one attached hydrogen (secondary N) is 1. The normalized spacial score (nSPS) is 16.2. The molecule has 2 heterocycles. The van der Waals surface area contributed by atoms with Gasteiger partial charge in [-0.3, -0.25) is 4.68 Å². The van der Waals surface area contributed by atoms with Gasteiger partial charge in [-0.1, -0.05) is 6.04 Å². The number of aromatic nitrogens is 4. The van der Waals surface area contributed by atoms with Gasteiger partial charge in [-0.05, 0) is 55.7 Å². The van der Waals surface area contributed by atoms with E-state index in [-0.39, 0.29) is 34.3 Å². The number of primary sulfonamides is 1. The maximum Gasteiger partial charge on any atom is 0.238 e. The molecule has 0 spiro atoms. The summed E-state index contributed by atoms with van der Waals surface area (Å²) in [6, 6.07) is -1.88. The molecule has 0 fully saturated rings. The van der Waals surface area contributed by atoms with Crippen molar-refractivity contribution in [3.63, 3.8) is 0 Å². The van der Waals surface area contributed by atoms with E-state index in [0.29, 0.717) is 10.6 Å². The van der Waals surface area contributed by atoms with Gasteiger partial charge >= 0.3 is 0 Å². The quantitative estimate of drug-likeness (QED) is 0.483. The molecule has 0 saturated carbocycles. The lowest BCUT2D eigenvalue weighted by Crippen LogP contribution is -2.14. The molecule has 0 bridgehead atoms. The van der Waals surface area contributed by atoms with E-state index >= 15 is 0 Å². The molecule has 0 radical (unpaired) electrons. The number of benzene rings is 2. The van der Waals surface area contributed by atoms with Crippen molar-refractivity contribution in [2.75, 3.05) is 17.2 Å². The average Bonchev–Trinajstić information content (AvgIpc) is 3.14.